The third kappa shape index (κ3) is 4.33. The number of thiophene rings is 1. The van der Waals surface area contributed by atoms with Crippen LogP contribution in [0.15, 0.2) is 156 Å². The molecule has 0 amide bonds. The molecule has 10 aromatic rings. The van der Waals surface area contributed by atoms with Gasteiger partial charge >= 0.3 is 0 Å². The highest BCUT2D eigenvalue weighted by Gasteiger charge is 2.19. The minimum Gasteiger partial charge on any atom is -0.456 e. The van der Waals surface area contributed by atoms with Gasteiger partial charge in [0.1, 0.15) is 11.2 Å². The molecule has 10 rings (SSSR count). The van der Waals surface area contributed by atoms with Gasteiger partial charge in [0, 0.05) is 47.6 Å². The van der Waals surface area contributed by atoms with E-state index in [0.717, 1.165) is 44.2 Å². The predicted octanol–water partition coefficient (Wildman–Crippen LogP) is 12.0. The molecule has 3 aromatic heterocycles. The maximum absolute atomic E-state index is 6.25. The van der Waals surface area contributed by atoms with E-state index in [9.17, 15) is 0 Å². The molecule has 4 nitrogen and oxygen atoms in total. The first-order valence-corrected chi connectivity index (χ1v) is 16.8. The molecule has 0 saturated heterocycles. The van der Waals surface area contributed by atoms with E-state index in [2.05, 4.69) is 121 Å². The predicted molar refractivity (Wildman–Crippen MR) is 199 cm³/mol. The number of aromatic nitrogens is 3. The van der Waals surface area contributed by atoms with Crippen LogP contribution in [0.2, 0.25) is 0 Å². The largest absolute Gasteiger partial charge is 0.456 e. The van der Waals surface area contributed by atoms with Crippen LogP contribution in [0.25, 0.3) is 98.2 Å². The number of nitrogens with zero attached hydrogens (tertiary/aromatic N) is 3. The van der Waals surface area contributed by atoms with E-state index in [-0.39, 0.29) is 0 Å². The maximum atomic E-state index is 6.25. The molecule has 0 aliphatic heterocycles. The van der Waals surface area contributed by atoms with Crippen molar-refractivity contribution in [3.63, 3.8) is 0 Å². The molecule has 0 spiro atoms. The van der Waals surface area contributed by atoms with Crippen LogP contribution < -0.4 is 0 Å². The third-order valence-corrected chi connectivity index (χ3v) is 10.4. The van der Waals surface area contributed by atoms with Gasteiger partial charge in [-0.1, -0.05) is 121 Å². The lowest BCUT2D eigenvalue weighted by atomic mass is 10.00. The number of para-hydroxylation sites is 1. The SMILES string of the molecule is c1ccc2cc(-c3ccc(-c4nc(-c5cccc6c5sc5ccccc56)nc(-c5cccc6oc7ccccc7c56)n4)cc3)ccc2c1. The van der Waals surface area contributed by atoms with Gasteiger partial charge in [0.25, 0.3) is 0 Å². The van der Waals surface area contributed by atoms with Gasteiger partial charge < -0.3 is 4.42 Å². The van der Waals surface area contributed by atoms with Gasteiger partial charge in [-0.15, -0.1) is 11.3 Å². The minimum atomic E-state index is 0.615. The minimum absolute atomic E-state index is 0.615. The second-order valence-electron chi connectivity index (χ2n) is 12.0. The fourth-order valence-corrected chi connectivity index (χ4v) is 8.02. The summed E-state index contributed by atoms with van der Waals surface area (Å²) in [5.41, 5.74) is 6.81. The molecule has 0 unspecified atom stereocenters. The van der Waals surface area contributed by atoms with Crippen molar-refractivity contribution < 1.29 is 4.42 Å². The molecule has 5 heteroatoms. The number of furan rings is 1. The van der Waals surface area contributed by atoms with Gasteiger partial charge in [-0.3, -0.25) is 0 Å². The van der Waals surface area contributed by atoms with Crippen molar-refractivity contribution in [2.24, 2.45) is 0 Å². The Morgan fingerprint density at radius 2 is 1.04 bits per heavy atom. The lowest BCUT2D eigenvalue weighted by Crippen LogP contribution is -2.00. The Hall–Kier alpha value is -6.17. The van der Waals surface area contributed by atoms with Crippen molar-refractivity contribution in [1.29, 1.82) is 0 Å². The first kappa shape index (κ1) is 27.0. The van der Waals surface area contributed by atoms with Gasteiger partial charge in [0.15, 0.2) is 17.5 Å². The van der Waals surface area contributed by atoms with Gasteiger partial charge in [-0.2, -0.15) is 0 Å². The van der Waals surface area contributed by atoms with Gasteiger partial charge in [-0.25, -0.2) is 15.0 Å². The number of benzene rings is 7. The molecule has 7 aromatic carbocycles. The number of rotatable bonds is 4. The Kier molecular flexibility index (Phi) is 6.01. The first-order chi connectivity index (χ1) is 23.8. The van der Waals surface area contributed by atoms with E-state index in [1.807, 2.05) is 30.3 Å². The average molecular weight is 632 g/mol. The summed E-state index contributed by atoms with van der Waals surface area (Å²) in [6.07, 6.45) is 0. The van der Waals surface area contributed by atoms with Crippen LogP contribution in [-0.4, -0.2) is 15.0 Å². The monoisotopic (exact) mass is 631 g/mol. The Bertz CT molecular complexity index is 2850. The van der Waals surface area contributed by atoms with Gasteiger partial charge in [0.05, 0.1) is 0 Å². The molecule has 3 heterocycles. The zero-order valence-electron chi connectivity index (χ0n) is 25.6. The fraction of sp³-hybridized carbons (Fsp3) is 0. The summed E-state index contributed by atoms with van der Waals surface area (Å²) in [6.45, 7) is 0. The molecule has 48 heavy (non-hydrogen) atoms. The standard InChI is InChI=1S/C43H25N3OS/c1-2-10-29-25-30(24-21-26(29)9-1)27-19-22-28(23-20-27)41-44-42(34-14-8-17-37-39(34)33-12-3-5-16-36(33)47-37)46-43(45-41)35-15-7-13-32-31-11-4-6-18-38(31)48-40(32)35/h1-25H. The second-order valence-corrected chi connectivity index (χ2v) is 13.1. The van der Waals surface area contributed by atoms with Gasteiger partial charge in [0.2, 0.25) is 0 Å². The molecule has 0 bridgehead atoms. The van der Waals surface area contributed by atoms with Crippen molar-refractivity contribution >= 4 is 64.2 Å². The first-order valence-electron chi connectivity index (χ1n) is 15.9. The van der Waals surface area contributed by atoms with E-state index in [0.29, 0.717) is 17.5 Å². The summed E-state index contributed by atoms with van der Waals surface area (Å²) in [7, 11) is 0. The van der Waals surface area contributed by atoms with Gasteiger partial charge in [-0.05, 0) is 52.2 Å². The molecule has 0 atom stereocenters. The van der Waals surface area contributed by atoms with Crippen molar-refractivity contribution in [1.82, 2.24) is 15.0 Å². The zero-order valence-corrected chi connectivity index (χ0v) is 26.4. The summed E-state index contributed by atoms with van der Waals surface area (Å²) in [5.74, 6) is 1.89. The summed E-state index contributed by atoms with van der Waals surface area (Å²) in [6, 6.07) is 52.8. The van der Waals surface area contributed by atoms with E-state index in [1.165, 1.54) is 36.5 Å². The highest BCUT2D eigenvalue weighted by molar-refractivity contribution is 7.26. The van der Waals surface area contributed by atoms with Crippen LogP contribution in [0.5, 0.6) is 0 Å². The van der Waals surface area contributed by atoms with E-state index in [1.54, 1.807) is 11.3 Å². The number of fused-ring (bicyclic) bond motifs is 7. The lowest BCUT2D eigenvalue weighted by molar-refractivity contribution is 0.669. The Balaban J connectivity index is 1.18. The summed E-state index contributed by atoms with van der Waals surface area (Å²) in [5, 5.41) is 6.95. The highest BCUT2D eigenvalue weighted by Crippen LogP contribution is 2.41. The fourth-order valence-electron chi connectivity index (χ4n) is 6.81. The zero-order chi connectivity index (χ0) is 31.6. The van der Waals surface area contributed by atoms with Crippen LogP contribution >= 0.6 is 11.3 Å². The summed E-state index contributed by atoms with van der Waals surface area (Å²) < 4.78 is 8.66. The third-order valence-electron chi connectivity index (χ3n) is 9.15. The van der Waals surface area contributed by atoms with Crippen LogP contribution in [0.3, 0.4) is 0 Å². The Morgan fingerprint density at radius 1 is 0.417 bits per heavy atom. The highest BCUT2D eigenvalue weighted by atomic mass is 32.1. The van der Waals surface area contributed by atoms with E-state index in [4.69, 9.17) is 19.4 Å². The smallest absolute Gasteiger partial charge is 0.165 e. The molecule has 224 valence electrons. The lowest BCUT2D eigenvalue weighted by Gasteiger charge is -2.10. The number of hydrogen-bond donors (Lipinski definition) is 0. The molecular weight excluding hydrogens is 607 g/mol. The van der Waals surface area contributed by atoms with Crippen molar-refractivity contribution in [2.75, 3.05) is 0 Å². The summed E-state index contributed by atoms with van der Waals surface area (Å²) in [4.78, 5) is 15.5. The average Bonchev–Trinajstić information content (AvgIpc) is 3.73. The Labute approximate surface area is 279 Å². The van der Waals surface area contributed by atoms with Crippen molar-refractivity contribution in [3.05, 3.63) is 152 Å². The van der Waals surface area contributed by atoms with Crippen LogP contribution in [0, 0.1) is 0 Å². The summed E-state index contributed by atoms with van der Waals surface area (Å²) >= 11 is 1.78. The van der Waals surface area contributed by atoms with Crippen LogP contribution in [-0.2, 0) is 0 Å². The quantitative estimate of drug-likeness (QED) is 0.194. The number of hydrogen-bond acceptors (Lipinski definition) is 5. The molecular formula is C43H25N3OS. The van der Waals surface area contributed by atoms with Crippen molar-refractivity contribution in [3.8, 4) is 45.3 Å². The normalized spacial score (nSPS) is 11.8. The van der Waals surface area contributed by atoms with Crippen molar-refractivity contribution in [2.45, 2.75) is 0 Å². The molecule has 0 N–H and O–H groups in total. The second kappa shape index (κ2) is 10.7. The molecule has 0 saturated carbocycles. The molecule has 0 aliphatic rings. The maximum Gasteiger partial charge on any atom is 0.165 e. The molecule has 0 aliphatic carbocycles. The van der Waals surface area contributed by atoms with Crippen LogP contribution in [0.1, 0.15) is 0 Å². The van der Waals surface area contributed by atoms with Crippen LogP contribution in [0.4, 0.5) is 0 Å². The molecule has 0 radical (unpaired) electrons. The molecule has 0 fully saturated rings. The Morgan fingerprint density at radius 3 is 1.94 bits per heavy atom. The van der Waals surface area contributed by atoms with E-state index < -0.39 is 0 Å². The van der Waals surface area contributed by atoms with E-state index >= 15 is 0 Å². The topological polar surface area (TPSA) is 51.8 Å².